The fourth-order valence-corrected chi connectivity index (χ4v) is 1.81. The zero-order valence-electron chi connectivity index (χ0n) is 11.2. The van der Waals surface area contributed by atoms with Crippen molar-refractivity contribution < 1.29 is 19.1 Å². The molecule has 0 bridgehead atoms. The van der Waals surface area contributed by atoms with Crippen molar-refractivity contribution in [2.45, 2.75) is 24.8 Å². The Morgan fingerprint density at radius 1 is 1.25 bits per heavy atom. The summed E-state index contributed by atoms with van der Waals surface area (Å²) in [6.07, 6.45) is 6.03. The SMILES string of the molecule is CSc1ncc(/N=C/C2C(=O)OC(C)(C)OC2=O)cn1. The molecule has 7 nitrogen and oxygen atoms in total. The van der Waals surface area contributed by atoms with Crippen LogP contribution >= 0.6 is 11.8 Å². The smallest absolute Gasteiger partial charge is 0.329 e. The molecule has 0 unspecified atom stereocenters. The quantitative estimate of drug-likeness (QED) is 0.273. The summed E-state index contributed by atoms with van der Waals surface area (Å²) in [6.45, 7) is 2.98. The van der Waals surface area contributed by atoms with E-state index in [1.807, 2.05) is 6.26 Å². The molecule has 0 aliphatic carbocycles. The first kappa shape index (κ1) is 14.4. The highest BCUT2D eigenvalue weighted by Crippen LogP contribution is 2.22. The third kappa shape index (κ3) is 3.32. The van der Waals surface area contributed by atoms with Gasteiger partial charge < -0.3 is 9.47 Å². The molecule has 1 aliphatic heterocycles. The zero-order valence-corrected chi connectivity index (χ0v) is 12.0. The molecule has 1 fully saturated rings. The van der Waals surface area contributed by atoms with Gasteiger partial charge >= 0.3 is 11.9 Å². The second-order valence-electron chi connectivity index (χ2n) is 4.43. The Bertz CT molecular complexity index is 536. The summed E-state index contributed by atoms with van der Waals surface area (Å²) in [7, 11) is 0. The molecule has 1 saturated heterocycles. The number of nitrogens with zero attached hydrogens (tertiary/aromatic N) is 3. The predicted octanol–water partition coefficient (Wildman–Crippen LogP) is 1.35. The number of thioether (sulfide) groups is 1. The van der Waals surface area contributed by atoms with Crippen molar-refractivity contribution in [3.63, 3.8) is 0 Å². The summed E-state index contributed by atoms with van der Waals surface area (Å²) in [6, 6.07) is 0. The summed E-state index contributed by atoms with van der Waals surface area (Å²) in [4.78, 5) is 35.4. The Labute approximate surface area is 119 Å². The van der Waals surface area contributed by atoms with Gasteiger partial charge in [0, 0.05) is 20.1 Å². The van der Waals surface area contributed by atoms with E-state index in [0.717, 1.165) is 0 Å². The van der Waals surface area contributed by atoms with E-state index >= 15 is 0 Å². The summed E-state index contributed by atoms with van der Waals surface area (Å²) in [5.41, 5.74) is 0.438. The molecule has 0 saturated carbocycles. The fraction of sp³-hybridized carbons (Fsp3) is 0.417. The van der Waals surface area contributed by atoms with Crippen molar-refractivity contribution >= 4 is 35.6 Å². The number of rotatable bonds is 3. The van der Waals surface area contributed by atoms with E-state index in [-0.39, 0.29) is 0 Å². The molecule has 1 aromatic heterocycles. The normalized spacial score (nSPS) is 18.9. The van der Waals surface area contributed by atoms with Crippen LogP contribution in [0.4, 0.5) is 5.69 Å². The fourth-order valence-electron chi connectivity index (χ4n) is 1.49. The van der Waals surface area contributed by atoms with Crippen molar-refractivity contribution in [2.24, 2.45) is 10.9 Å². The minimum atomic E-state index is -1.23. The molecule has 0 spiro atoms. The van der Waals surface area contributed by atoms with Gasteiger partial charge in [0.05, 0.1) is 18.1 Å². The van der Waals surface area contributed by atoms with E-state index in [1.54, 1.807) is 0 Å². The summed E-state index contributed by atoms with van der Waals surface area (Å²) in [5, 5.41) is 0.613. The lowest BCUT2D eigenvalue weighted by molar-refractivity contribution is -0.235. The number of cyclic esters (lactones) is 2. The minimum Gasteiger partial charge on any atom is -0.422 e. The Morgan fingerprint density at radius 3 is 2.30 bits per heavy atom. The first-order chi connectivity index (χ1) is 9.41. The van der Waals surface area contributed by atoms with Crippen molar-refractivity contribution in [3.05, 3.63) is 12.4 Å². The van der Waals surface area contributed by atoms with Gasteiger partial charge in [-0.15, -0.1) is 0 Å². The van der Waals surface area contributed by atoms with Crippen LogP contribution in [0.2, 0.25) is 0 Å². The maximum Gasteiger partial charge on any atom is 0.329 e. The van der Waals surface area contributed by atoms with Gasteiger partial charge in [0.2, 0.25) is 0 Å². The number of hydrogen-bond acceptors (Lipinski definition) is 8. The van der Waals surface area contributed by atoms with Crippen molar-refractivity contribution in [2.75, 3.05) is 6.26 Å². The molecular formula is C12H13N3O4S. The summed E-state index contributed by atoms with van der Waals surface area (Å²) < 4.78 is 9.95. The molecule has 2 rings (SSSR count). The molecule has 0 N–H and O–H groups in total. The van der Waals surface area contributed by atoms with Gasteiger partial charge in [0.25, 0.3) is 5.79 Å². The van der Waals surface area contributed by atoms with Gasteiger partial charge in [0.1, 0.15) is 0 Å². The Hall–Kier alpha value is -1.96. The van der Waals surface area contributed by atoms with E-state index in [0.29, 0.717) is 10.8 Å². The Kier molecular flexibility index (Phi) is 4.03. The lowest BCUT2D eigenvalue weighted by Gasteiger charge is -2.31. The standard InChI is InChI=1S/C12H13N3O4S/c1-12(2)18-9(16)8(10(17)19-12)6-13-7-4-14-11(20-3)15-5-7/h4-6,8H,1-3H3/b13-6+. The lowest BCUT2D eigenvalue weighted by atomic mass is 10.1. The van der Waals surface area contributed by atoms with E-state index in [2.05, 4.69) is 15.0 Å². The highest BCUT2D eigenvalue weighted by atomic mass is 32.2. The van der Waals surface area contributed by atoms with Crippen LogP contribution in [0.1, 0.15) is 13.8 Å². The third-order valence-electron chi connectivity index (χ3n) is 2.37. The van der Waals surface area contributed by atoms with E-state index < -0.39 is 23.6 Å². The highest BCUT2D eigenvalue weighted by Gasteiger charge is 2.42. The van der Waals surface area contributed by atoms with Crippen LogP contribution in [0.25, 0.3) is 0 Å². The lowest BCUT2D eigenvalue weighted by Crippen LogP contribution is -2.46. The second kappa shape index (κ2) is 5.58. The maximum atomic E-state index is 11.7. The van der Waals surface area contributed by atoms with Crippen molar-refractivity contribution in [1.29, 1.82) is 0 Å². The van der Waals surface area contributed by atoms with E-state index in [9.17, 15) is 9.59 Å². The highest BCUT2D eigenvalue weighted by molar-refractivity contribution is 7.98. The largest absolute Gasteiger partial charge is 0.422 e. The number of carbonyl (C=O) groups is 2. The van der Waals surface area contributed by atoms with Crippen LogP contribution < -0.4 is 0 Å². The third-order valence-corrected chi connectivity index (χ3v) is 2.95. The van der Waals surface area contributed by atoms with Crippen LogP contribution in [0.3, 0.4) is 0 Å². The van der Waals surface area contributed by atoms with Gasteiger partial charge in [-0.1, -0.05) is 11.8 Å². The van der Waals surface area contributed by atoms with Crippen molar-refractivity contribution in [1.82, 2.24) is 9.97 Å². The predicted molar refractivity (Wildman–Crippen MR) is 71.7 cm³/mol. The molecule has 0 amide bonds. The number of aromatic nitrogens is 2. The first-order valence-electron chi connectivity index (χ1n) is 5.77. The Morgan fingerprint density at radius 2 is 1.80 bits per heavy atom. The average molecular weight is 295 g/mol. The first-order valence-corrected chi connectivity index (χ1v) is 7.00. The number of esters is 2. The van der Waals surface area contributed by atoms with Crippen LogP contribution in [-0.2, 0) is 19.1 Å². The van der Waals surface area contributed by atoms with Gasteiger partial charge in [-0.2, -0.15) is 0 Å². The maximum absolute atomic E-state index is 11.7. The minimum absolute atomic E-state index is 0.438. The number of carbonyl (C=O) groups excluding carboxylic acids is 2. The van der Waals surface area contributed by atoms with E-state index in [1.165, 1.54) is 44.2 Å². The molecule has 1 aliphatic rings. The monoisotopic (exact) mass is 295 g/mol. The molecular weight excluding hydrogens is 282 g/mol. The van der Waals surface area contributed by atoms with Crippen LogP contribution in [0, 0.1) is 5.92 Å². The molecule has 20 heavy (non-hydrogen) atoms. The number of ether oxygens (including phenoxy) is 2. The summed E-state index contributed by atoms with van der Waals surface area (Å²) >= 11 is 1.40. The van der Waals surface area contributed by atoms with Gasteiger partial charge in [0.15, 0.2) is 11.1 Å². The molecule has 1 aromatic rings. The zero-order chi connectivity index (χ0) is 14.8. The van der Waals surface area contributed by atoms with Gasteiger partial charge in [-0.05, 0) is 6.26 Å². The van der Waals surface area contributed by atoms with Crippen LogP contribution in [0.15, 0.2) is 22.5 Å². The van der Waals surface area contributed by atoms with Crippen LogP contribution in [0.5, 0.6) is 0 Å². The van der Waals surface area contributed by atoms with E-state index in [4.69, 9.17) is 9.47 Å². The molecule has 2 heterocycles. The van der Waals surface area contributed by atoms with Crippen LogP contribution in [-0.4, -0.2) is 40.2 Å². The topological polar surface area (TPSA) is 90.7 Å². The average Bonchev–Trinajstić information content (AvgIpc) is 2.37. The Balaban J connectivity index is 2.10. The molecule has 0 aromatic carbocycles. The number of hydrogen-bond donors (Lipinski definition) is 0. The summed E-state index contributed by atoms with van der Waals surface area (Å²) in [5.74, 6) is -3.77. The molecule has 0 radical (unpaired) electrons. The van der Waals surface area contributed by atoms with Gasteiger partial charge in [-0.3, -0.25) is 14.6 Å². The second-order valence-corrected chi connectivity index (χ2v) is 5.20. The van der Waals surface area contributed by atoms with Gasteiger partial charge in [-0.25, -0.2) is 9.97 Å². The number of aliphatic imine (C=N–C) groups is 1. The molecule has 0 atom stereocenters. The molecule has 106 valence electrons. The van der Waals surface area contributed by atoms with Crippen molar-refractivity contribution in [3.8, 4) is 0 Å². The molecule has 8 heteroatoms.